The van der Waals surface area contributed by atoms with E-state index in [1.54, 1.807) is 23.6 Å². The number of imidazole rings is 1. The highest BCUT2D eigenvalue weighted by atomic mass is 35.5. The molecule has 1 N–H and O–H groups in total. The van der Waals surface area contributed by atoms with Gasteiger partial charge in [-0.1, -0.05) is 11.6 Å². The standard InChI is InChI=1S/C16H16ClN5OS/c1-21-5-4-12-13(9-21)24-16(19-12)20-15(23)6-11-8-22-7-10(17)2-3-14(22)18-11/h2-3,7-8H,4-6,9H2,1H3,(H,19,20,23). The van der Waals surface area contributed by atoms with Gasteiger partial charge in [-0.25, -0.2) is 9.97 Å². The molecule has 0 unspecified atom stereocenters. The fourth-order valence-corrected chi connectivity index (χ4v) is 4.08. The molecule has 0 spiro atoms. The van der Waals surface area contributed by atoms with Crippen LogP contribution >= 0.6 is 22.9 Å². The Hall–Kier alpha value is -1.96. The molecule has 0 aliphatic carbocycles. The second-order valence-electron chi connectivity index (χ2n) is 5.95. The number of carbonyl (C=O) groups excluding carboxylic acids is 1. The lowest BCUT2D eigenvalue weighted by Crippen LogP contribution is -2.25. The van der Waals surface area contributed by atoms with Gasteiger partial charge in [0.25, 0.3) is 0 Å². The number of anilines is 1. The van der Waals surface area contributed by atoms with Crippen LogP contribution in [0.25, 0.3) is 5.65 Å². The van der Waals surface area contributed by atoms with Gasteiger partial charge in [0.15, 0.2) is 5.13 Å². The van der Waals surface area contributed by atoms with Crippen LogP contribution in [0, 0.1) is 0 Å². The third kappa shape index (κ3) is 3.15. The summed E-state index contributed by atoms with van der Waals surface area (Å²) in [7, 11) is 2.09. The van der Waals surface area contributed by atoms with Gasteiger partial charge in [0.2, 0.25) is 5.91 Å². The molecule has 0 radical (unpaired) electrons. The third-order valence-electron chi connectivity index (χ3n) is 3.97. The number of thiazole rings is 1. The summed E-state index contributed by atoms with van der Waals surface area (Å²) in [5.41, 5.74) is 2.58. The van der Waals surface area contributed by atoms with Crippen LogP contribution in [0.15, 0.2) is 24.5 Å². The molecule has 4 rings (SSSR count). The van der Waals surface area contributed by atoms with E-state index in [-0.39, 0.29) is 12.3 Å². The second-order valence-corrected chi connectivity index (χ2v) is 7.47. The molecule has 3 aromatic rings. The molecule has 1 amide bonds. The van der Waals surface area contributed by atoms with E-state index in [0.29, 0.717) is 15.8 Å². The number of rotatable bonds is 3. The first-order valence-corrected chi connectivity index (χ1v) is 8.86. The minimum atomic E-state index is -0.107. The molecule has 0 saturated heterocycles. The van der Waals surface area contributed by atoms with E-state index in [9.17, 15) is 4.79 Å². The van der Waals surface area contributed by atoms with Crippen LogP contribution in [0.2, 0.25) is 5.02 Å². The summed E-state index contributed by atoms with van der Waals surface area (Å²) in [4.78, 5) is 24.7. The predicted octanol–water partition coefficient (Wildman–Crippen LogP) is 2.61. The van der Waals surface area contributed by atoms with Crippen molar-refractivity contribution in [1.29, 1.82) is 0 Å². The van der Waals surface area contributed by atoms with E-state index in [2.05, 4.69) is 27.2 Å². The summed E-state index contributed by atoms with van der Waals surface area (Å²) in [5.74, 6) is -0.107. The lowest BCUT2D eigenvalue weighted by atomic mass is 10.2. The second kappa shape index (κ2) is 6.16. The van der Waals surface area contributed by atoms with Gasteiger partial charge in [-0.15, -0.1) is 11.3 Å². The molecule has 0 bridgehead atoms. The molecule has 1 aliphatic rings. The molecular formula is C16H16ClN5OS. The lowest BCUT2D eigenvalue weighted by Gasteiger charge is -2.20. The predicted molar refractivity (Wildman–Crippen MR) is 94.7 cm³/mol. The van der Waals surface area contributed by atoms with Gasteiger partial charge in [-0.2, -0.15) is 0 Å². The maximum absolute atomic E-state index is 12.3. The Kier molecular flexibility index (Phi) is 3.99. The van der Waals surface area contributed by atoms with Gasteiger partial charge in [0.05, 0.1) is 22.8 Å². The highest BCUT2D eigenvalue weighted by Gasteiger charge is 2.19. The molecule has 0 atom stereocenters. The molecule has 8 heteroatoms. The SMILES string of the molecule is CN1CCc2nc(NC(=O)Cc3cn4cc(Cl)ccc4n3)sc2C1. The first-order valence-electron chi connectivity index (χ1n) is 7.67. The van der Waals surface area contributed by atoms with Gasteiger partial charge < -0.3 is 14.6 Å². The quantitative estimate of drug-likeness (QED) is 0.779. The minimum Gasteiger partial charge on any atom is -0.305 e. The molecule has 124 valence electrons. The summed E-state index contributed by atoms with van der Waals surface area (Å²) in [5, 5.41) is 4.20. The summed E-state index contributed by atoms with van der Waals surface area (Å²) in [6.45, 7) is 1.91. The van der Waals surface area contributed by atoms with E-state index < -0.39 is 0 Å². The molecule has 24 heavy (non-hydrogen) atoms. The largest absolute Gasteiger partial charge is 0.305 e. The number of nitrogens with zero attached hydrogens (tertiary/aromatic N) is 4. The van der Waals surface area contributed by atoms with Gasteiger partial charge >= 0.3 is 0 Å². The Labute approximate surface area is 148 Å². The van der Waals surface area contributed by atoms with E-state index >= 15 is 0 Å². The fraction of sp³-hybridized carbons (Fsp3) is 0.312. The van der Waals surface area contributed by atoms with Crippen LogP contribution in [0.3, 0.4) is 0 Å². The molecule has 3 aromatic heterocycles. The van der Waals surface area contributed by atoms with Crippen molar-refractivity contribution in [2.75, 3.05) is 18.9 Å². The van der Waals surface area contributed by atoms with Crippen molar-refractivity contribution >= 4 is 39.6 Å². The normalized spacial score (nSPS) is 14.8. The molecule has 0 fully saturated rings. The number of aromatic nitrogens is 3. The molecular weight excluding hydrogens is 346 g/mol. The van der Waals surface area contributed by atoms with E-state index in [1.807, 2.05) is 16.7 Å². The number of pyridine rings is 1. The summed E-state index contributed by atoms with van der Waals surface area (Å²) < 4.78 is 1.82. The Morgan fingerprint density at radius 2 is 2.25 bits per heavy atom. The molecule has 6 nitrogen and oxygen atoms in total. The minimum absolute atomic E-state index is 0.107. The highest BCUT2D eigenvalue weighted by Crippen LogP contribution is 2.27. The van der Waals surface area contributed by atoms with Crippen molar-refractivity contribution in [3.8, 4) is 0 Å². The Bertz CT molecular complexity index is 918. The number of hydrogen-bond donors (Lipinski definition) is 1. The maximum Gasteiger partial charge on any atom is 0.232 e. The van der Waals surface area contributed by atoms with Gasteiger partial charge in [-0.05, 0) is 19.2 Å². The van der Waals surface area contributed by atoms with Crippen molar-refractivity contribution in [1.82, 2.24) is 19.3 Å². The Morgan fingerprint density at radius 3 is 3.12 bits per heavy atom. The third-order valence-corrected chi connectivity index (χ3v) is 5.20. The van der Waals surface area contributed by atoms with Crippen molar-refractivity contribution in [3.63, 3.8) is 0 Å². The first-order chi connectivity index (χ1) is 11.6. The van der Waals surface area contributed by atoms with Gasteiger partial charge in [0.1, 0.15) is 5.65 Å². The number of halogens is 1. The summed E-state index contributed by atoms with van der Waals surface area (Å²) in [6, 6.07) is 3.61. The van der Waals surface area contributed by atoms with Crippen LogP contribution in [-0.2, 0) is 24.2 Å². The van der Waals surface area contributed by atoms with Crippen LogP contribution in [-0.4, -0.2) is 38.8 Å². The summed E-state index contributed by atoms with van der Waals surface area (Å²) in [6.07, 6.45) is 4.74. The average Bonchev–Trinajstić information content (AvgIpc) is 3.08. The smallest absolute Gasteiger partial charge is 0.232 e. The van der Waals surface area contributed by atoms with Crippen LogP contribution in [0.5, 0.6) is 0 Å². The fourth-order valence-electron chi connectivity index (χ4n) is 2.81. The monoisotopic (exact) mass is 361 g/mol. The molecule has 4 heterocycles. The van der Waals surface area contributed by atoms with Crippen molar-refractivity contribution in [2.24, 2.45) is 0 Å². The Morgan fingerprint density at radius 1 is 1.38 bits per heavy atom. The van der Waals surface area contributed by atoms with Crippen molar-refractivity contribution in [2.45, 2.75) is 19.4 Å². The van der Waals surface area contributed by atoms with Crippen molar-refractivity contribution < 1.29 is 4.79 Å². The number of likely N-dealkylation sites (N-methyl/N-ethyl adjacent to an activating group) is 1. The number of hydrogen-bond acceptors (Lipinski definition) is 5. The van der Waals surface area contributed by atoms with Crippen LogP contribution in [0.1, 0.15) is 16.3 Å². The molecule has 0 aromatic carbocycles. The van der Waals surface area contributed by atoms with E-state index in [0.717, 1.165) is 30.9 Å². The number of nitrogens with one attached hydrogen (secondary N) is 1. The van der Waals surface area contributed by atoms with Crippen molar-refractivity contribution in [3.05, 3.63) is 45.8 Å². The van der Waals surface area contributed by atoms with Gasteiger partial charge in [-0.3, -0.25) is 4.79 Å². The number of carbonyl (C=O) groups is 1. The first kappa shape index (κ1) is 15.6. The molecule has 1 aliphatic heterocycles. The number of fused-ring (bicyclic) bond motifs is 2. The average molecular weight is 362 g/mol. The molecule has 0 saturated carbocycles. The topological polar surface area (TPSA) is 62.5 Å². The van der Waals surface area contributed by atoms with Crippen LogP contribution in [0.4, 0.5) is 5.13 Å². The highest BCUT2D eigenvalue weighted by molar-refractivity contribution is 7.15. The van der Waals surface area contributed by atoms with Gasteiger partial charge in [0, 0.05) is 36.8 Å². The van der Waals surface area contributed by atoms with Crippen LogP contribution < -0.4 is 5.32 Å². The number of amides is 1. The zero-order valence-corrected chi connectivity index (χ0v) is 14.7. The van der Waals surface area contributed by atoms with E-state index in [4.69, 9.17) is 11.6 Å². The maximum atomic E-state index is 12.3. The zero-order valence-electron chi connectivity index (χ0n) is 13.1. The zero-order chi connectivity index (χ0) is 16.7. The summed E-state index contributed by atoms with van der Waals surface area (Å²) >= 11 is 7.52. The Balaban J connectivity index is 1.46. The van der Waals surface area contributed by atoms with E-state index in [1.165, 1.54) is 4.88 Å². The lowest BCUT2D eigenvalue weighted by molar-refractivity contribution is -0.115.